The maximum atomic E-state index is 15.2. The van der Waals surface area contributed by atoms with Crippen LogP contribution in [-0.2, 0) is 6.42 Å². The van der Waals surface area contributed by atoms with Crippen LogP contribution in [0.4, 0.5) is 35.1 Å². The van der Waals surface area contributed by atoms with Crippen LogP contribution in [0.3, 0.4) is 0 Å². The molecule has 0 N–H and O–H groups in total. The van der Waals surface area contributed by atoms with Crippen LogP contribution < -0.4 is 0 Å². The fourth-order valence-electron chi connectivity index (χ4n) is 5.67. The van der Waals surface area contributed by atoms with Crippen molar-refractivity contribution in [3.8, 4) is 34.1 Å². The largest absolute Gasteiger partial charge is 0.458 e. The molecule has 0 aromatic heterocycles. The van der Waals surface area contributed by atoms with Crippen molar-refractivity contribution >= 4 is 10.8 Å². The van der Waals surface area contributed by atoms with Crippen LogP contribution in [0.15, 0.2) is 54.6 Å². The molecule has 218 valence electrons. The van der Waals surface area contributed by atoms with Gasteiger partial charge in [-0.05, 0) is 77.1 Å². The van der Waals surface area contributed by atoms with E-state index < -0.39 is 46.4 Å². The molecule has 4 aromatic carbocycles. The van der Waals surface area contributed by atoms with Gasteiger partial charge in [0.15, 0.2) is 0 Å². The number of halogens is 8. The van der Waals surface area contributed by atoms with Gasteiger partial charge < -0.3 is 0 Å². The van der Waals surface area contributed by atoms with E-state index in [1.807, 2.05) is 0 Å². The minimum atomic E-state index is -4.95. The SMILES string of the molecule is CC1CCC(CCc2ccc(-c3cc(F)c(-c4ccc5c(F)c(C#CC(F)(F)F)c(F)cc5c4)c(F)c3)c(F)c2)CC1. The zero-order valence-corrected chi connectivity index (χ0v) is 22.6. The molecule has 0 spiro atoms. The van der Waals surface area contributed by atoms with Gasteiger partial charge in [0.25, 0.3) is 0 Å². The highest BCUT2D eigenvalue weighted by Gasteiger charge is 2.24. The van der Waals surface area contributed by atoms with Crippen LogP contribution >= 0.6 is 0 Å². The van der Waals surface area contributed by atoms with Gasteiger partial charge in [-0.1, -0.05) is 62.8 Å². The smallest absolute Gasteiger partial charge is 0.206 e. The van der Waals surface area contributed by atoms with Crippen LogP contribution in [0.1, 0.15) is 50.2 Å². The third-order valence-electron chi connectivity index (χ3n) is 8.01. The molecular weight excluding hydrogens is 560 g/mol. The molecule has 0 atom stereocenters. The lowest BCUT2D eigenvalue weighted by molar-refractivity contribution is -0.0696. The lowest BCUT2D eigenvalue weighted by Gasteiger charge is -2.26. The van der Waals surface area contributed by atoms with Crippen LogP contribution in [0, 0.1) is 52.8 Å². The van der Waals surface area contributed by atoms with E-state index in [4.69, 9.17) is 0 Å². The highest BCUT2D eigenvalue weighted by Crippen LogP contribution is 2.36. The second-order valence-electron chi connectivity index (χ2n) is 11.0. The van der Waals surface area contributed by atoms with Crippen LogP contribution in [0.5, 0.6) is 0 Å². The van der Waals surface area contributed by atoms with Gasteiger partial charge in [0, 0.05) is 16.9 Å². The van der Waals surface area contributed by atoms with Gasteiger partial charge in [0.2, 0.25) is 0 Å². The third-order valence-corrected chi connectivity index (χ3v) is 8.01. The first kappa shape index (κ1) is 29.6. The molecule has 0 unspecified atom stereocenters. The number of hydrogen-bond donors (Lipinski definition) is 0. The van der Waals surface area contributed by atoms with Gasteiger partial charge in [-0.25, -0.2) is 22.0 Å². The Morgan fingerprint density at radius 3 is 2.07 bits per heavy atom. The third kappa shape index (κ3) is 6.46. The van der Waals surface area contributed by atoms with E-state index in [1.54, 1.807) is 6.07 Å². The molecule has 0 saturated heterocycles. The normalized spacial score (nSPS) is 17.3. The zero-order valence-electron chi connectivity index (χ0n) is 22.6. The Morgan fingerprint density at radius 1 is 0.738 bits per heavy atom. The van der Waals surface area contributed by atoms with Gasteiger partial charge in [0.05, 0.1) is 11.1 Å². The molecule has 0 bridgehead atoms. The summed E-state index contributed by atoms with van der Waals surface area (Å²) in [6.45, 7) is 2.26. The predicted molar refractivity (Wildman–Crippen MR) is 147 cm³/mol. The van der Waals surface area contributed by atoms with Crippen molar-refractivity contribution in [2.24, 2.45) is 11.8 Å². The average Bonchev–Trinajstić information content (AvgIpc) is 2.91. The summed E-state index contributed by atoms with van der Waals surface area (Å²) >= 11 is 0. The van der Waals surface area contributed by atoms with Gasteiger partial charge in [-0.3, -0.25) is 0 Å². The summed E-state index contributed by atoms with van der Waals surface area (Å²) in [6.07, 6.45) is 1.50. The summed E-state index contributed by atoms with van der Waals surface area (Å²) in [5.74, 6) is -1.66. The standard InChI is InChI=1S/C34H26F8/c1-19-2-4-20(5-3-19)6-7-21-8-10-25(28(35)14-21)24-17-30(37)32(31(38)18-24)22-9-11-26-23(15-22)16-29(36)27(33(26)39)12-13-34(40,41)42/h8-11,14-20H,2-7H2,1H3. The second-order valence-corrected chi connectivity index (χ2v) is 11.0. The maximum absolute atomic E-state index is 15.2. The van der Waals surface area contributed by atoms with E-state index in [1.165, 1.54) is 43.7 Å². The van der Waals surface area contributed by atoms with Crippen molar-refractivity contribution in [2.45, 2.75) is 51.6 Å². The van der Waals surface area contributed by atoms with Gasteiger partial charge in [0.1, 0.15) is 29.1 Å². The molecule has 1 fully saturated rings. The summed E-state index contributed by atoms with van der Waals surface area (Å²) in [5, 5.41) is -0.406. The fourth-order valence-corrected chi connectivity index (χ4v) is 5.67. The van der Waals surface area contributed by atoms with Crippen LogP contribution in [0.2, 0.25) is 0 Å². The van der Waals surface area contributed by atoms with E-state index in [9.17, 15) is 22.0 Å². The number of fused-ring (bicyclic) bond motifs is 1. The molecule has 0 radical (unpaired) electrons. The molecule has 1 aliphatic carbocycles. The van der Waals surface area contributed by atoms with Crippen molar-refractivity contribution in [3.63, 3.8) is 0 Å². The molecule has 8 heteroatoms. The molecule has 1 saturated carbocycles. The Hall–Kier alpha value is -3.86. The quantitative estimate of drug-likeness (QED) is 0.161. The summed E-state index contributed by atoms with van der Waals surface area (Å²) < 4.78 is 112. The van der Waals surface area contributed by atoms with E-state index in [0.717, 1.165) is 66.6 Å². The molecular formula is C34H26F8. The molecule has 0 amide bonds. The lowest BCUT2D eigenvalue weighted by atomic mass is 9.80. The first-order valence-corrected chi connectivity index (χ1v) is 13.7. The van der Waals surface area contributed by atoms with Crippen LogP contribution in [-0.4, -0.2) is 6.18 Å². The van der Waals surface area contributed by atoms with Crippen molar-refractivity contribution in [1.29, 1.82) is 0 Å². The summed E-state index contributed by atoms with van der Waals surface area (Å²) in [4.78, 5) is 0. The molecule has 4 aromatic rings. The Balaban J connectivity index is 1.40. The Morgan fingerprint density at radius 2 is 1.43 bits per heavy atom. The maximum Gasteiger partial charge on any atom is 0.458 e. The second kappa shape index (κ2) is 11.8. The van der Waals surface area contributed by atoms with E-state index in [2.05, 4.69) is 6.92 Å². The summed E-state index contributed by atoms with van der Waals surface area (Å²) in [6, 6.07) is 10.7. The Kier molecular flexibility index (Phi) is 8.32. The highest BCUT2D eigenvalue weighted by molar-refractivity contribution is 5.89. The van der Waals surface area contributed by atoms with Gasteiger partial charge >= 0.3 is 6.18 Å². The van der Waals surface area contributed by atoms with Gasteiger partial charge in [-0.2, -0.15) is 13.2 Å². The fraction of sp³-hybridized carbons (Fsp3) is 0.294. The minimum absolute atomic E-state index is 0.00942. The van der Waals surface area contributed by atoms with Crippen molar-refractivity contribution < 1.29 is 35.1 Å². The topological polar surface area (TPSA) is 0 Å². The number of rotatable bonds is 5. The molecule has 42 heavy (non-hydrogen) atoms. The van der Waals surface area contributed by atoms with E-state index >= 15 is 13.2 Å². The van der Waals surface area contributed by atoms with Crippen molar-refractivity contribution in [2.75, 3.05) is 0 Å². The predicted octanol–water partition coefficient (Wildman–Crippen LogP) is 10.5. The summed E-state index contributed by atoms with van der Waals surface area (Å²) in [5.41, 5.74) is -0.790. The van der Waals surface area contributed by atoms with E-state index in [0.29, 0.717) is 5.92 Å². The molecule has 5 rings (SSSR count). The number of hydrogen-bond acceptors (Lipinski definition) is 0. The van der Waals surface area contributed by atoms with E-state index in [-0.39, 0.29) is 27.5 Å². The number of aryl methyl sites for hydroxylation is 1. The number of benzene rings is 4. The highest BCUT2D eigenvalue weighted by atomic mass is 19.4. The first-order chi connectivity index (χ1) is 19.9. The Labute approximate surface area is 238 Å². The zero-order chi connectivity index (χ0) is 30.2. The monoisotopic (exact) mass is 586 g/mol. The molecule has 0 heterocycles. The first-order valence-electron chi connectivity index (χ1n) is 13.7. The lowest BCUT2D eigenvalue weighted by Crippen LogP contribution is -2.12. The molecule has 1 aliphatic rings. The number of alkyl halides is 3. The summed E-state index contributed by atoms with van der Waals surface area (Å²) in [7, 11) is 0. The van der Waals surface area contributed by atoms with Gasteiger partial charge in [-0.15, -0.1) is 0 Å². The van der Waals surface area contributed by atoms with Crippen molar-refractivity contribution in [1.82, 2.24) is 0 Å². The van der Waals surface area contributed by atoms with Crippen LogP contribution in [0.25, 0.3) is 33.0 Å². The molecule has 0 aliphatic heterocycles. The molecule has 0 nitrogen and oxygen atoms in total. The van der Waals surface area contributed by atoms with Crippen molar-refractivity contribution in [3.05, 3.63) is 94.8 Å². The Bertz CT molecular complexity index is 1680. The average molecular weight is 587 g/mol. The minimum Gasteiger partial charge on any atom is -0.206 e.